The highest BCUT2D eigenvalue weighted by Gasteiger charge is 2.24. The highest BCUT2D eigenvalue weighted by atomic mass is 79.9. The summed E-state index contributed by atoms with van der Waals surface area (Å²) in [4.78, 5) is 17.1. The number of nitrogens with one attached hydrogen (secondary N) is 1. The maximum absolute atomic E-state index is 13.0. The summed E-state index contributed by atoms with van der Waals surface area (Å²) < 4.78 is 24.7. The summed E-state index contributed by atoms with van der Waals surface area (Å²) in [6.07, 6.45) is 1.75. The summed E-state index contributed by atoms with van der Waals surface area (Å²) >= 11 is 4.68. The molecule has 1 N–H and O–H groups in total. The molecule has 0 radical (unpaired) electrons. The lowest BCUT2D eigenvalue weighted by Crippen LogP contribution is -2.19. The van der Waals surface area contributed by atoms with Crippen LogP contribution in [-0.4, -0.2) is 24.8 Å². The summed E-state index contributed by atoms with van der Waals surface area (Å²) in [7, 11) is 1.57. The van der Waals surface area contributed by atoms with Crippen molar-refractivity contribution in [2.24, 2.45) is 4.99 Å². The second-order valence-electron chi connectivity index (χ2n) is 5.43. The van der Waals surface area contributed by atoms with E-state index in [-0.39, 0.29) is 11.7 Å². The lowest BCUT2D eigenvalue weighted by atomic mass is 10.2. The van der Waals surface area contributed by atoms with Crippen LogP contribution in [0.25, 0.3) is 6.08 Å². The molecule has 0 saturated carbocycles. The van der Waals surface area contributed by atoms with Crippen molar-refractivity contribution in [3.8, 4) is 11.5 Å². The number of nitrogens with zero attached hydrogens (tertiary/aromatic N) is 1. The summed E-state index contributed by atoms with van der Waals surface area (Å²) in [5, 5.41) is 3.15. The fourth-order valence-corrected chi connectivity index (χ4v) is 3.86. The van der Waals surface area contributed by atoms with E-state index < -0.39 is 0 Å². The number of carbonyl (C=O) groups is 1. The number of hydrogen-bond donors (Lipinski definition) is 1. The number of hydrogen-bond acceptors (Lipinski definition) is 5. The van der Waals surface area contributed by atoms with Crippen LogP contribution in [-0.2, 0) is 4.79 Å². The number of benzene rings is 2. The zero-order chi connectivity index (χ0) is 19.4. The number of carbonyl (C=O) groups excluding carboxylic acids is 1. The third kappa shape index (κ3) is 4.70. The van der Waals surface area contributed by atoms with Gasteiger partial charge in [0.2, 0.25) is 0 Å². The Hall–Kier alpha value is -2.32. The van der Waals surface area contributed by atoms with Gasteiger partial charge in [-0.05, 0) is 82.7 Å². The van der Waals surface area contributed by atoms with Crippen molar-refractivity contribution in [2.45, 2.75) is 6.92 Å². The monoisotopic (exact) mass is 450 g/mol. The minimum Gasteiger partial charge on any atom is -0.492 e. The molecule has 0 bridgehead atoms. The highest BCUT2D eigenvalue weighted by molar-refractivity contribution is 9.10. The fourth-order valence-electron chi connectivity index (χ4n) is 2.40. The van der Waals surface area contributed by atoms with Gasteiger partial charge in [0.05, 0.1) is 28.8 Å². The van der Waals surface area contributed by atoms with E-state index >= 15 is 0 Å². The first-order valence-electron chi connectivity index (χ1n) is 8.05. The normalized spacial score (nSPS) is 16.7. The van der Waals surface area contributed by atoms with Gasteiger partial charge in [0.25, 0.3) is 5.91 Å². The molecule has 0 aromatic heterocycles. The smallest absolute Gasteiger partial charge is 0.264 e. The summed E-state index contributed by atoms with van der Waals surface area (Å²) in [6.45, 7) is 2.38. The molecule has 1 aliphatic rings. The van der Waals surface area contributed by atoms with Gasteiger partial charge in [0, 0.05) is 0 Å². The molecule has 140 valence electrons. The first kappa shape index (κ1) is 19.4. The lowest BCUT2D eigenvalue weighted by molar-refractivity contribution is -0.115. The van der Waals surface area contributed by atoms with Crippen LogP contribution in [0.4, 0.5) is 10.1 Å². The standard InChI is InChI=1S/C19H16BrFN2O3S/c1-3-26-15-9-11(8-14(20)17(15)25-2)10-16-18(24)23-19(27-16)22-13-6-4-12(21)5-7-13/h4-10H,3H2,1-2H3,(H,22,23,24)/b16-10+. The highest BCUT2D eigenvalue weighted by Crippen LogP contribution is 2.38. The minimum atomic E-state index is -0.335. The second kappa shape index (κ2) is 8.58. The topological polar surface area (TPSA) is 59.9 Å². The van der Waals surface area contributed by atoms with Crippen molar-refractivity contribution in [3.63, 3.8) is 0 Å². The van der Waals surface area contributed by atoms with E-state index in [1.807, 2.05) is 19.1 Å². The number of amides is 1. The van der Waals surface area contributed by atoms with Crippen molar-refractivity contribution in [3.05, 3.63) is 57.2 Å². The van der Waals surface area contributed by atoms with Crippen LogP contribution in [0.15, 0.2) is 50.8 Å². The summed E-state index contributed by atoms with van der Waals surface area (Å²) in [6, 6.07) is 9.39. The molecule has 8 heteroatoms. The van der Waals surface area contributed by atoms with Gasteiger partial charge in [0.15, 0.2) is 16.7 Å². The van der Waals surface area contributed by atoms with Crippen LogP contribution in [0.1, 0.15) is 12.5 Å². The van der Waals surface area contributed by atoms with E-state index in [1.54, 1.807) is 25.3 Å². The maximum atomic E-state index is 13.0. The summed E-state index contributed by atoms with van der Waals surface area (Å²) in [5.74, 6) is 0.606. The number of ether oxygens (including phenoxy) is 2. The Labute approximate surface area is 168 Å². The number of rotatable bonds is 5. The molecule has 3 rings (SSSR count). The number of methoxy groups -OCH3 is 1. The van der Waals surface area contributed by atoms with E-state index in [9.17, 15) is 9.18 Å². The fraction of sp³-hybridized carbons (Fsp3) is 0.158. The Balaban J connectivity index is 1.87. The summed E-state index contributed by atoms with van der Waals surface area (Å²) in [5.41, 5.74) is 1.35. The Morgan fingerprint density at radius 2 is 2.04 bits per heavy atom. The van der Waals surface area contributed by atoms with Gasteiger partial charge in [-0.15, -0.1) is 0 Å². The predicted molar refractivity (Wildman–Crippen MR) is 109 cm³/mol. The molecule has 1 amide bonds. The van der Waals surface area contributed by atoms with Crippen LogP contribution in [0.2, 0.25) is 0 Å². The van der Waals surface area contributed by atoms with E-state index in [2.05, 4.69) is 26.2 Å². The molecule has 1 saturated heterocycles. The third-order valence-electron chi connectivity index (χ3n) is 3.54. The minimum absolute atomic E-state index is 0.245. The van der Waals surface area contributed by atoms with Gasteiger partial charge in [-0.3, -0.25) is 4.79 Å². The lowest BCUT2D eigenvalue weighted by Gasteiger charge is -2.12. The molecule has 2 aromatic carbocycles. The van der Waals surface area contributed by atoms with Crippen LogP contribution >= 0.6 is 27.7 Å². The van der Waals surface area contributed by atoms with Crippen molar-refractivity contribution in [1.29, 1.82) is 0 Å². The van der Waals surface area contributed by atoms with Crippen molar-refractivity contribution >= 4 is 50.5 Å². The van der Waals surface area contributed by atoms with Crippen molar-refractivity contribution < 1.29 is 18.7 Å². The number of amidine groups is 1. The Morgan fingerprint density at radius 3 is 2.70 bits per heavy atom. The molecule has 1 heterocycles. The Morgan fingerprint density at radius 1 is 1.30 bits per heavy atom. The average molecular weight is 451 g/mol. The SMILES string of the molecule is CCOc1cc(/C=C2/SC(=Nc3ccc(F)cc3)NC2=O)cc(Br)c1OC. The maximum Gasteiger partial charge on any atom is 0.264 e. The first-order valence-corrected chi connectivity index (χ1v) is 9.66. The predicted octanol–water partition coefficient (Wildman–Crippen LogP) is 4.89. The molecule has 0 unspecified atom stereocenters. The van der Waals surface area contributed by atoms with Crippen molar-refractivity contribution in [2.75, 3.05) is 13.7 Å². The second-order valence-corrected chi connectivity index (χ2v) is 7.31. The van der Waals surface area contributed by atoms with E-state index in [1.165, 1.54) is 23.9 Å². The molecule has 0 atom stereocenters. The Kier molecular flexibility index (Phi) is 6.18. The van der Waals surface area contributed by atoms with Crippen LogP contribution in [0.3, 0.4) is 0 Å². The van der Waals surface area contributed by atoms with Crippen LogP contribution in [0.5, 0.6) is 11.5 Å². The Bertz CT molecular complexity index is 929. The van der Waals surface area contributed by atoms with Crippen LogP contribution < -0.4 is 14.8 Å². The first-order chi connectivity index (χ1) is 13.0. The zero-order valence-corrected chi connectivity index (χ0v) is 17.0. The quantitative estimate of drug-likeness (QED) is 0.658. The molecule has 2 aromatic rings. The zero-order valence-electron chi connectivity index (χ0n) is 14.6. The van der Waals surface area contributed by atoms with E-state index in [0.717, 1.165) is 10.0 Å². The third-order valence-corrected chi connectivity index (χ3v) is 5.04. The molecule has 1 fully saturated rings. The number of halogens is 2. The largest absolute Gasteiger partial charge is 0.492 e. The van der Waals surface area contributed by atoms with Gasteiger partial charge < -0.3 is 14.8 Å². The molecule has 5 nitrogen and oxygen atoms in total. The van der Waals surface area contributed by atoms with Gasteiger partial charge in [-0.1, -0.05) is 0 Å². The van der Waals surface area contributed by atoms with Gasteiger partial charge >= 0.3 is 0 Å². The molecule has 1 aliphatic heterocycles. The molecule has 0 spiro atoms. The number of thioether (sulfide) groups is 1. The van der Waals surface area contributed by atoms with E-state index in [0.29, 0.717) is 33.9 Å². The molecule has 0 aliphatic carbocycles. The van der Waals surface area contributed by atoms with E-state index in [4.69, 9.17) is 9.47 Å². The average Bonchev–Trinajstić information content (AvgIpc) is 2.96. The van der Waals surface area contributed by atoms with Gasteiger partial charge in [0.1, 0.15) is 5.82 Å². The number of aliphatic imine (C=N–C) groups is 1. The molecular formula is C19H16BrFN2O3S. The van der Waals surface area contributed by atoms with Crippen molar-refractivity contribution in [1.82, 2.24) is 5.32 Å². The molecule has 27 heavy (non-hydrogen) atoms. The molecular weight excluding hydrogens is 435 g/mol. The van der Waals surface area contributed by atoms with Crippen LogP contribution in [0, 0.1) is 5.82 Å². The van der Waals surface area contributed by atoms with Gasteiger partial charge in [-0.2, -0.15) is 0 Å². The van der Waals surface area contributed by atoms with Gasteiger partial charge in [-0.25, -0.2) is 9.38 Å².